The van der Waals surface area contributed by atoms with E-state index < -0.39 is 10.0 Å². The summed E-state index contributed by atoms with van der Waals surface area (Å²) >= 11 is 1.52. The van der Waals surface area contributed by atoms with Gasteiger partial charge in [-0.25, -0.2) is 13.4 Å². The summed E-state index contributed by atoms with van der Waals surface area (Å²) in [5, 5.41) is 11.7. The first-order valence-corrected chi connectivity index (χ1v) is 13.9. The van der Waals surface area contributed by atoms with Gasteiger partial charge in [0, 0.05) is 50.6 Å². The van der Waals surface area contributed by atoms with Crippen molar-refractivity contribution < 1.29 is 17.9 Å². The number of hydrogen-bond acceptors (Lipinski definition) is 9. The van der Waals surface area contributed by atoms with Gasteiger partial charge in [-0.3, -0.25) is 4.79 Å². The average Bonchev–Trinajstić information content (AvgIpc) is 3.48. The third-order valence-corrected chi connectivity index (χ3v) is 8.52. The third-order valence-electron chi connectivity index (χ3n) is 6.36. The second-order valence-electron chi connectivity index (χ2n) is 8.69. The highest BCUT2D eigenvalue weighted by molar-refractivity contribution is 7.88. The van der Waals surface area contributed by atoms with E-state index in [1.165, 1.54) is 21.9 Å². The van der Waals surface area contributed by atoms with E-state index in [-0.39, 0.29) is 17.9 Å². The number of nitrogens with one attached hydrogen (secondary N) is 1. The molecule has 2 atom stereocenters. The number of fused-ring (bicyclic) bond motifs is 1. The molecular formula is C22H26N6O4S2. The topological polar surface area (TPSA) is 118 Å². The number of nitrogens with zero attached hydrogens (tertiary/aromatic N) is 5. The van der Waals surface area contributed by atoms with Gasteiger partial charge in [0.25, 0.3) is 0 Å². The summed E-state index contributed by atoms with van der Waals surface area (Å²) in [7, 11) is -3.18. The monoisotopic (exact) mass is 502 g/mol. The zero-order valence-electron chi connectivity index (χ0n) is 19.0. The quantitative estimate of drug-likeness (QED) is 0.542. The Balaban J connectivity index is 1.35. The van der Waals surface area contributed by atoms with Crippen LogP contribution in [0, 0.1) is 5.92 Å². The molecule has 5 rings (SSSR count). The summed E-state index contributed by atoms with van der Waals surface area (Å²) in [5.74, 6) is 1.63. The van der Waals surface area contributed by atoms with Crippen molar-refractivity contribution in [2.45, 2.75) is 19.4 Å². The van der Waals surface area contributed by atoms with Crippen LogP contribution >= 0.6 is 11.3 Å². The number of thiazole rings is 1. The number of anilines is 1. The fourth-order valence-electron chi connectivity index (χ4n) is 4.33. The van der Waals surface area contributed by atoms with E-state index in [9.17, 15) is 13.2 Å². The molecule has 1 aromatic carbocycles. The summed E-state index contributed by atoms with van der Waals surface area (Å²) in [5.41, 5.74) is 4.16. The van der Waals surface area contributed by atoms with Gasteiger partial charge in [0.05, 0.1) is 27.7 Å². The lowest BCUT2D eigenvalue weighted by molar-refractivity contribution is -0.119. The van der Waals surface area contributed by atoms with E-state index >= 15 is 0 Å². The highest BCUT2D eigenvalue weighted by Crippen LogP contribution is 2.35. The number of carbonyl (C=O) groups excluding carboxylic acids is 1. The lowest BCUT2D eigenvalue weighted by Crippen LogP contribution is -2.48. The molecule has 0 radical (unpaired) electrons. The van der Waals surface area contributed by atoms with Crippen LogP contribution in [0.2, 0.25) is 0 Å². The summed E-state index contributed by atoms with van der Waals surface area (Å²) in [6, 6.07) is 7.74. The van der Waals surface area contributed by atoms with Crippen molar-refractivity contribution in [1.82, 2.24) is 24.8 Å². The average molecular weight is 503 g/mol. The highest BCUT2D eigenvalue weighted by atomic mass is 32.2. The molecule has 3 aromatic rings. The van der Waals surface area contributed by atoms with Gasteiger partial charge in [0.1, 0.15) is 11.9 Å². The molecular weight excluding hydrogens is 476 g/mol. The Morgan fingerprint density at radius 3 is 2.62 bits per heavy atom. The minimum Gasteiger partial charge on any atom is -0.489 e. The second kappa shape index (κ2) is 9.08. The smallest absolute Gasteiger partial charge is 0.220 e. The summed E-state index contributed by atoms with van der Waals surface area (Å²) in [6.45, 7) is 4.62. The number of hydrogen-bond donors (Lipinski definition) is 1. The summed E-state index contributed by atoms with van der Waals surface area (Å²) in [4.78, 5) is 18.1. The molecule has 12 heteroatoms. The number of piperazine rings is 1. The molecule has 0 saturated carbocycles. The second-order valence-corrected chi connectivity index (χ2v) is 11.5. The SMILES string of the molecule is C[C@@H](Oc1cc(-c2ccc(N3CCN(S(C)(=O)=O)CC3)nn2)cc2ncsc12)C1CNC(=O)C1. The Labute approximate surface area is 202 Å². The zero-order chi connectivity index (χ0) is 23.9. The third kappa shape index (κ3) is 4.70. The first-order chi connectivity index (χ1) is 16.3. The van der Waals surface area contributed by atoms with Gasteiger partial charge in [0.15, 0.2) is 5.82 Å². The maximum Gasteiger partial charge on any atom is 0.220 e. The van der Waals surface area contributed by atoms with Crippen LogP contribution in [0.3, 0.4) is 0 Å². The molecule has 180 valence electrons. The molecule has 1 amide bonds. The van der Waals surface area contributed by atoms with Crippen molar-refractivity contribution in [3.05, 3.63) is 29.8 Å². The number of ether oxygens (including phenoxy) is 1. The predicted octanol–water partition coefficient (Wildman–Crippen LogP) is 1.74. The van der Waals surface area contributed by atoms with Crippen LogP contribution in [0.25, 0.3) is 21.5 Å². The van der Waals surface area contributed by atoms with Crippen molar-refractivity contribution >= 4 is 43.3 Å². The molecule has 0 aliphatic carbocycles. The minimum atomic E-state index is -3.18. The lowest BCUT2D eigenvalue weighted by Gasteiger charge is -2.33. The molecule has 34 heavy (non-hydrogen) atoms. The van der Waals surface area contributed by atoms with Gasteiger partial charge in [-0.05, 0) is 31.2 Å². The predicted molar refractivity (Wildman–Crippen MR) is 130 cm³/mol. The Bertz CT molecular complexity index is 1300. The number of rotatable bonds is 6. The molecule has 4 heterocycles. The lowest BCUT2D eigenvalue weighted by atomic mass is 10.0. The molecule has 1 N–H and O–H groups in total. The molecule has 2 saturated heterocycles. The molecule has 2 aliphatic heterocycles. The number of benzene rings is 1. The number of carbonyl (C=O) groups is 1. The van der Waals surface area contributed by atoms with E-state index in [4.69, 9.17) is 4.74 Å². The van der Waals surface area contributed by atoms with E-state index in [0.717, 1.165) is 27.3 Å². The fourth-order valence-corrected chi connectivity index (χ4v) is 5.88. The van der Waals surface area contributed by atoms with Crippen LogP contribution in [0.4, 0.5) is 5.82 Å². The molecule has 0 bridgehead atoms. The maximum atomic E-state index is 11.7. The molecule has 1 unspecified atom stereocenters. The van der Waals surface area contributed by atoms with Crippen molar-refractivity contribution in [1.29, 1.82) is 0 Å². The van der Waals surface area contributed by atoms with Crippen molar-refractivity contribution in [2.75, 3.05) is 43.9 Å². The van der Waals surface area contributed by atoms with Gasteiger partial charge in [-0.15, -0.1) is 21.5 Å². The maximum absolute atomic E-state index is 11.7. The Kier molecular flexibility index (Phi) is 6.13. The number of amides is 1. The van der Waals surface area contributed by atoms with Gasteiger partial charge in [-0.2, -0.15) is 4.31 Å². The van der Waals surface area contributed by atoms with Gasteiger partial charge < -0.3 is 15.0 Å². The van der Waals surface area contributed by atoms with Gasteiger partial charge >= 0.3 is 0 Å². The first-order valence-electron chi connectivity index (χ1n) is 11.1. The highest BCUT2D eigenvalue weighted by Gasteiger charge is 2.29. The van der Waals surface area contributed by atoms with Crippen LogP contribution in [0.1, 0.15) is 13.3 Å². The number of sulfonamides is 1. The van der Waals surface area contributed by atoms with Gasteiger partial charge in [0.2, 0.25) is 15.9 Å². The number of aromatic nitrogens is 3. The normalized spacial score (nSPS) is 20.5. The Morgan fingerprint density at radius 1 is 1.18 bits per heavy atom. The molecule has 0 spiro atoms. The van der Waals surface area contributed by atoms with Crippen molar-refractivity contribution in [3.63, 3.8) is 0 Å². The summed E-state index contributed by atoms with van der Waals surface area (Å²) in [6.07, 6.45) is 1.58. The van der Waals surface area contributed by atoms with Crippen molar-refractivity contribution in [2.24, 2.45) is 5.92 Å². The molecule has 2 fully saturated rings. The standard InChI is InChI=1S/C22H26N6O4S2/c1-14(16-11-21(29)23-12-16)32-19-10-15(9-18-22(19)33-13-24-18)17-3-4-20(26-25-17)27-5-7-28(8-6-27)34(2,30)31/h3-4,9-10,13-14,16H,5-8,11-12H2,1-2H3,(H,23,29)/t14-,16?/m1/s1. The first kappa shape index (κ1) is 22.9. The van der Waals surface area contributed by atoms with Crippen LogP contribution < -0.4 is 15.0 Å². The molecule has 2 aliphatic rings. The van der Waals surface area contributed by atoms with Crippen LogP contribution in [-0.4, -0.2) is 78.9 Å². The van der Waals surface area contributed by atoms with E-state index in [0.29, 0.717) is 44.8 Å². The Hall–Kier alpha value is -2.83. The molecule has 10 nitrogen and oxygen atoms in total. The van der Waals surface area contributed by atoms with E-state index in [1.54, 1.807) is 5.51 Å². The van der Waals surface area contributed by atoms with E-state index in [2.05, 4.69) is 20.5 Å². The van der Waals surface area contributed by atoms with Crippen LogP contribution in [0.15, 0.2) is 29.8 Å². The van der Waals surface area contributed by atoms with Gasteiger partial charge in [-0.1, -0.05) is 0 Å². The zero-order valence-corrected chi connectivity index (χ0v) is 20.6. The van der Waals surface area contributed by atoms with Crippen molar-refractivity contribution in [3.8, 4) is 17.0 Å². The van der Waals surface area contributed by atoms with E-state index in [1.807, 2.05) is 36.1 Å². The summed E-state index contributed by atoms with van der Waals surface area (Å²) < 4.78 is 32.2. The van der Waals surface area contributed by atoms with Crippen LogP contribution in [-0.2, 0) is 14.8 Å². The Morgan fingerprint density at radius 2 is 1.97 bits per heavy atom. The van der Waals surface area contributed by atoms with Crippen LogP contribution in [0.5, 0.6) is 5.75 Å². The fraction of sp³-hybridized carbons (Fsp3) is 0.455. The largest absolute Gasteiger partial charge is 0.489 e. The minimum absolute atomic E-state index is 0.0604. The molecule has 2 aromatic heterocycles.